The number of benzene rings is 1. The molecule has 3 aromatic rings. The highest BCUT2D eigenvalue weighted by Gasteiger charge is 2.11. The zero-order valence-electron chi connectivity index (χ0n) is 11.3. The minimum absolute atomic E-state index is 0.154. The first-order valence-corrected chi connectivity index (χ1v) is 7.46. The number of rotatable bonds is 4. The minimum Gasteiger partial charge on any atom is -0.299 e. The summed E-state index contributed by atoms with van der Waals surface area (Å²) in [5, 5.41) is 1.03. The van der Waals surface area contributed by atoms with Crippen molar-refractivity contribution in [3.8, 4) is 0 Å². The summed E-state index contributed by atoms with van der Waals surface area (Å²) in [5.41, 5.74) is 2.78. The molecule has 0 amide bonds. The number of carbonyl (C=O) groups is 1. The first kappa shape index (κ1) is 13.9. The number of pyridine rings is 2. The maximum atomic E-state index is 12.2. The van der Waals surface area contributed by atoms with Crippen LogP contribution in [0.15, 0.2) is 59.5 Å². The van der Waals surface area contributed by atoms with E-state index in [1.807, 2.05) is 36.4 Å². The molecule has 21 heavy (non-hydrogen) atoms. The van der Waals surface area contributed by atoms with Gasteiger partial charge in [-0.15, -0.1) is 0 Å². The highest BCUT2D eigenvalue weighted by atomic mass is 79.9. The Hall–Kier alpha value is -2.07. The van der Waals surface area contributed by atoms with Crippen LogP contribution in [0.3, 0.4) is 0 Å². The van der Waals surface area contributed by atoms with Crippen LogP contribution in [-0.2, 0) is 17.6 Å². The van der Waals surface area contributed by atoms with Crippen LogP contribution in [0.2, 0.25) is 0 Å². The summed E-state index contributed by atoms with van der Waals surface area (Å²) >= 11 is 3.59. The number of aromatic nitrogens is 2. The summed E-state index contributed by atoms with van der Waals surface area (Å²) in [7, 11) is 0. The van der Waals surface area contributed by atoms with Gasteiger partial charge in [0.05, 0.1) is 5.52 Å². The minimum atomic E-state index is 0.154. The van der Waals surface area contributed by atoms with Gasteiger partial charge in [-0.05, 0) is 39.2 Å². The van der Waals surface area contributed by atoms with Gasteiger partial charge in [0.1, 0.15) is 5.78 Å². The number of ketones is 1. The molecule has 2 aromatic heterocycles. The van der Waals surface area contributed by atoms with Crippen LogP contribution in [0.25, 0.3) is 10.9 Å². The van der Waals surface area contributed by atoms with Gasteiger partial charge < -0.3 is 0 Å². The molecule has 3 nitrogen and oxygen atoms in total. The topological polar surface area (TPSA) is 42.9 Å². The van der Waals surface area contributed by atoms with E-state index in [0.29, 0.717) is 12.8 Å². The molecule has 0 N–H and O–H groups in total. The fraction of sp³-hybridized carbons (Fsp3) is 0.118. The van der Waals surface area contributed by atoms with Gasteiger partial charge >= 0.3 is 0 Å². The Labute approximate surface area is 131 Å². The molecule has 0 unspecified atom stereocenters. The van der Waals surface area contributed by atoms with Crippen molar-refractivity contribution in [2.45, 2.75) is 12.8 Å². The van der Waals surface area contributed by atoms with Crippen LogP contribution in [0.1, 0.15) is 11.1 Å². The molecule has 0 fully saturated rings. The fourth-order valence-corrected chi connectivity index (χ4v) is 2.86. The monoisotopic (exact) mass is 340 g/mol. The Balaban J connectivity index is 1.82. The number of fused-ring (bicyclic) bond motifs is 1. The summed E-state index contributed by atoms with van der Waals surface area (Å²) in [6.07, 6.45) is 5.97. The van der Waals surface area contributed by atoms with E-state index in [2.05, 4.69) is 25.9 Å². The SMILES string of the molecule is O=C(Cc1cccnc1)Cc1cnc2ccccc2c1Br. The third-order valence-electron chi connectivity index (χ3n) is 3.29. The standard InChI is InChI=1S/C17H13BrN2O/c18-17-13(11-20-16-6-2-1-5-15(16)17)9-14(21)8-12-4-3-7-19-10-12/h1-7,10-11H,8-9H2. The average Bonchev–Trinajstić information content (AvgIpc) is 2.51. The predicted molar refractivity (Wildman–Crippen MR) is 86.1 cm³/mol. The van der Waals surface area contributed by atoms with E-state index >= 15 is 0 Å². The molecular formula is C17H13BrN2O. The number of carbonyl (C=O) groups excluding carboxylic acids is 1. The maximum absolute atomic E-state index is 12.2. The smallest absolute Gasteiger partial charge is 0.141 e. The van der Waals surface area contributed by atoms with Crippen molar-refractivity contribution in [1.82, 2.24) is 9.97 Å². The first-order valence-electron chi connectivity index (χ1n) is 6.67. The molecule has 0 atom stereocenters. The van der Waals surface area contributed by atoms with Gasteiger partial charge in [-0.25, -0.2) is 0 Å². The van der Waals surface area contributed by atoms with Crippen molar-refractivity contribution in [3.63, 3.8) is 0 Å². The van der Waals surface area contributed by atoms with Gasteiger partial charge in [0.2, 0.25) is 0 Å². The molecule has 0 aliphatic heterocycles. The van der Waals surface area contributed by atoms with Gasteiger partial charge in [-0.3, -0.25) is 14.8 Å². The van der Waals surface area contributed by atoms with E-state index in [1.54, 1.807) is 18.6 Å². The summed E-state index contributed by atoms with van der Waals surface area (Å²) in [4.78, 5) is 20.6. The van der Waals surface area contributed by atoms with Crippen molar-refractivity contribution in [2.24, 2.45) is 0 Å². The van der Waals surface area contributed by atoms with Crippen LogP contribution in [0.5, 0.6) is 0 Å². The first-order chi connectivity index (χ1) is 10.2. The third-order valence-corrected chi connectivity index (χ3v) is 4.23. The number of hydrogen-bond acceptors (Lipinski definition) is 3. The molecule has 0 saturated heterocycles. The molecule has 0 saturated carbocycles. The van der Waals surface area contributed by atoms with E-state index in [4.69, 9.17) is 0 Å². The van der Waals surface area contributed by atoms with Crippen LogP contribution < -0.4 is 0 Å². The van der Waals surface area contributed by atoms with Crippen molar-refractivity contribution in [3.05, 3.63) is 70.6 Å². The number of Topliss-reactive ketones (excluding diaryl/α,β-unsaturated/α-hetero) is 1. The van der Waals surface area contributed by atoms with Crippen LogP contribution in [-0.4, -0.2) is 15.8 Å². The molecule has 2 heterocycles. The second kappa shape index (κ2) is 6.14. The van der Waals surface area contributed by atoms with Gasteiger partial charge in [-0.2, -0.15) is 0 Å². The van der Waals surface area contributed by atoms with Crippen molar-refractivity contribution in [1.29, 1.82) is 0 Å². The molecular weight excluding hydrogens is 328 g/mol. The Morgan fingerprint density at radius 1 is 1.05 bits per heavy atom. The average molecular weight is 341 g/mol. The Morgan fingerprint density at radius 3 is 2.71 bits per heavy atom. The quantitative estimate of drug-likeness (QED) is 0.726. The largest absolute Gasteiger partial charge is 0.299 e. The maximum Gasteiger partial charge on any atom is 0.141 e. The Bertz CT molecular complexity index is 787. The van der Waals surface area contributed by atoms with Crippen LogP contribution in [0, 0.1) is 0 Å². The normalized spacial score (nSPS) is 10.7. The molecule has 1 aromatic carbocycles. The van der Waals surface area contributed by atoms with E-state index < -0.39 is 0 Å². The summed E-state index contributed by atoms with van der Waals surface area (Å²) in [6.45, 7) is 0. The Kier molecular flexibility index (Phi) is 4.06. The lowest BCUT2D eigenvalue weighted by atomic mass is 10.0. The lowest BCUT2D eigenvalue weighted by molar-refractivity contribution is -0.117. The summed E-state index contributed by atoms with van der Waals surface area (Å²) in [6, 6.07) is 11.6. The predicted octanol–water partition coefficient (Wildman–Crippen LogP) is 3.75. The third kappa shape index (κ3) is 3.16. The Morgan fingerprint density at radius 2 is 1.90 bits per heavy atom. The summed E-state index contributed by atoms with van der Waals surface area (Å²) in [5.74, 6) is 0.154. The van der Waals surface area contributed by atoms with Gasteiger partial charge in [0.25, 0.3) is 0 Å². The molecule has 104 valence electrons. The highest BCUT2D eigenvalue weighted by Crippen LogP contribution is 2.26. The van der Waals surface area contributed by atoms with E-state index in [1.165, 1.54) is 0 Å². The van der Waals surface area contributed by atoms with Crippen molar-refractivity contribution in [2.75, 3.05) is 0 Å². The number of halogens is 1. The molecule has 0 aliphatic rings. The highest BCUT2D eigenvalue weighted by molar-refractivity contribution is 9.10. The zero-order valence-corrected chi connectivity index (χ0v) is 12.9. The molecule has 3 rings (SSSR count). The second-order valence-corrected chi connectivity index (χ2v) is 5.66. The fourth-order valence-electron chi connectivity index (χ4n) is 2.28. The van der Waals surface area contributed by atoms with Gasteiger partial charge in [-0.1, -0.05) is 24.3 Å². The molecule has 0 aliphatic carbocycles. The number of para-hydroxylation sites is 1. The zero-order chi connectivity index (χ0) is 14.7. The van der Waals surface area contributed by atoms with E-state index in [0.717, 1.165) is 26.5 Å². The van der Waals surface area contributed by atoms with E-state index in [-0.39, 0.29) is 5.78 Å². The van der Waals surface area contributed by atoms with E-state index in [9.17, 15) is 4.79 Å². The molecule has 0 radical (unpaired) electrons. The summed E-state index contributed by atoms with van der Waals surface area (Å²) < 4.78 is 0.952. The lowest BCUT2D eigenvalue weighted by Gasteiger charge is -2.07. The molecule has 0 spiro atoms. The number of hydrogen-bond donors (Lipinski definition) is 0. The lowest BCUT2D eigenvalue weighted by Crippen LogP contribution is -2.07. The second-order valence-electron chi connectivity index (χ2n) is 4.87. The number of nitrogens with zero attached hydrogens (tertiary/aromatic N) is 2. The van der Waals surface area contributed by atoms with Crippen LogP contribution in [0.4, 0.5) is 0 Å². The molecule has 4 heteroatoms. The van der Waals surface area contributed by atoms with Gasteiger partial charge in [0, 0.05) is 41.3 Å². The van der Waals surface area contributed by atoms with Crippen molar-refractivity contribution >= 4 is 32.6 Å². The van der Waals surface area contributed by atoms with Gasteiger partial charge in [0.15, 0.2) is 0 Å². The molecule has 0 bridgehead atoms. The van der Waals surface area contributed by atoms with Crippen LogP contribution >= 0.6 is 15.9 Å². The van der Waals surface area contributed by atoms with Crippen molar-refractivity contribution < 1.29 is 4.79 Å².